The summed E-state index contributed by atoms with van der Waals surface area (Å²) >= 11 is 0. The highest BCUT2D eigenvalue weighted by Gasteiger charge is 2.32. The van der Waals surface area contributed by atoms with Gasteiger partial charge in [-0.05, 0) is 26.3 Å². The van der Waals surface area contributed by atoms with Gasteiger partial charge in [-0.3, -0.25) is 4.89 Å². The van der Waals surface area contributed by atoms with Gasteiger partial charge in [-0.2, -0.15) is 4.89 Å². The summed E-state index contributed by atoms with van der Waals surface area (Å²) in [7, 11) is 1.48. The Bertz CT molecular complexity index is 706. The highest BCUT2D eigenvalue weighted by Crippen LogP contribution is 2.24. The van der Waals surface area contributed by atoms with E-state index in [2.05, 4.69) is 0 Å². The fourth-order valence-electron chi connectivity index (χ4n) is 2.39. The van der Waals surface area contributed by atoms with Gasteiger partial charge in [0.05, 0.1) is 18.8 Å². The largest absolute Gasteiger partial charge is 0.540 e. The molecule has 0 saturated carbocycles. The summed E-state index contributed by atoms with van der Waals surface area (Å²) in [6, 6.07) is 9.35. The van der Waals surface area contributed by atoms with Gasteiger partial charge in [-0.15, -0.1) is 4.58 Å². The van der Waals surface area contributed by atoms with Crippen LogP contribution in [0.25, 0.3) is 0 Å². The van der Waals surface area contributed by atoms with Crippen molar-refractivity contribution in [2.45, 2.75) is 26.4 Å². The number of methoxy groups -OCH3 is 1. The number of ether oxygens (including phenoxy) is 2. The zero-order chi connectivity index (χ0) is 18.4. The molecular weight excluding hydrogens is 326 g/mol. The van der Waals surface area contributed by atoms with Crippen LogP contribution in [0.3, 0.4) is 0 Å². The molecule has 0 fully saturated rings. The highest BCUT2D eigenvalue weighted by molar-refractivity contribution is 6.03. The molecule has 0 unspecified atom stereocenters. The number of hydrogen-bond acceptors (Lipinski definition) is 6. The zero-order valence-electron chi connectivity index (χ0n) is 14.8. The predicted octanol–water partition coefficient (Wildman–Crippen LogP) is 2.55. The average Bonchev–Trinajstić information content (AvgIpc) is 2.87. The number of benzene rings is 1. The maximum absolute atomic E-state index is 11.8. The van der Waals surface area contributed by atoms with Crippen LogP contribution in [-0.4, -0.2) is 42.8 Å². The van der Waals surface area contributed by atoms with Crippen molar-refractivity contribution >= 4 is 18.0 Å². The van der Waals surface area contributed by atoms with Crippen LogP contribution in [0.1, 0.15) is 26.3 Å². The first-order chi connectivity index (χ1) is 11.8. The minimum atomic E-state index is -0.973. The first-order valence-corrected chi connectivity index (χ1v) is 7.84. The quantitative estimate of drug-likeness (QED) is 0.340. The fraction of sp³-hybridized carbons (Fsp3) is 0.389. The van der Waals surface area contributed by atoms with Crippen molar-refractivity contribution in [3.05, 3.63) is 47.5 Å². The van der Waals surface area contributed by atoms with E-state index in [4.69, 9.17) is 19.2 Å². The molecule has 2 rings (SSSR count). The van der Waals surface area contributed by atoms with Crippen LogP contribution >= 0.6 is 0 Å². The average molecular weight is 348 g/mol. The Kier molecular flexibility index (Phi) is 5.93. The number of hydrogen-bond donors (Lipinski definition) is 0. The summed E-state index contributed by atoms with van der Waals surface area (Å²) in [5.41, 5.74) is 0.762. The maximum atomic E-state index is 11.8. The third-order valence-electron chi connectivity index (χ3n) is 3.70. The third-order valence-corrected chi connectivity index (χ3v) is 3.70. The van der Waals surface area contributed by atoms with Gasteiger partial charge in [0.1, 0.15) is 5.60 Å². The second kappa shape index (κ2) is 7.94. The van der Waals surface area contributed by atoms with Crippen LogP contribution in [0.5, 0.6) is 0 Å². The van der Waals surface area contributed by atoms with Crippen molar-refractivity contribution in [3.8, 4) is 0 Å². The molecule has 25 heavy (non-hydrogen) atoms. The van der Waals surface area contributed by atoms with Crippen LogP contribution in [0, 0.1) is 0 Å². The Morgan fingerprint density at radius 3 is 2.52 bits per heavy atom. The monoisotopic (exact) mass is 348 g/mol. The molecule has 0 aromatic heterocycles. The van der Waals surface area contributed by atoms with Crippen LogP contribution in [0.2, 0.25) is 0 Å². The normalized spacial score (nSPS) is 14.4. The summed E-state index contributed by atoms with van der Waals surface area (Å²) < 4.78 is 11.5. The van der Waals surface area contributed by atoms with Crippen molar-refractivity contribution in [2.24, 2.45) is 0 Å². The summed E-state index contributed by atoms with van der Waals surface area (Å²) in [6.45, 7) is 5.42. The minimum Gasteiger partial charge on any atom is -0.447 e. The molecule has 7 nitrogen and oxygen atoms in total. The van der Waals surface area contributed by atoms with Gasteiger partial charge in [-0.1, -0.05) is 30.3 Å². The summed E-state index contributed by atoms with van der Waals surface area (Å²) in [4.78, 5) is 33.4. The van der Waals surface area contributed by atoms with E-state index in [1.807, 2.05) is 30.3 Å². The second-order valence-corrected chi connectivity index (χ2v) is 5.97. The predicted molar refractivity (Wildman–Crippen MR) is 88.9 cm³/mol. The van der Waals surface area contributed by atoms with Crippen molar-refractivity contribution in [3.63, 3.8) is 0 Å². The molecule has 0 radical (unpaired) electrons. The van der Waals surface area contributed by atoms with Crippen LogP contribution < -0.4 is 0 Å². The number of rotatable bonds is 6. The van der Waals surface area contributed by atoms with Gasteiger partial charge < -0.3 is 9.47 Å². The van der Waals surface area contributed by atoms with E-state index in [-0.39, 0.29) is 19.1 Å². The fourth-order valence-corrected chi connectivity index (χ4v) is 2.39. The molecule has 1 heterocycles. The van der Waals surface area contributed by atoms with E-state index in [1.165, 1.54) is 17.8 Å². The van der Waals surface area contributed by atoms with Crippen LogP contribution in [0.15, 0.2) is 42.0 Å². The SMILES string of the molecule is COC1=[N+](CCOC(=O)OOC(C)(C)c2ccccc2)C(=O)C=C1C. The smallest absolute Gasteiger partial charge is 0.447 e. The third kappa shape index (κ3) is 4.67. The van der Waals surface area contributed by atoms with Crippen LogP contribution in [0.4, 0.5) is 4.79 Å². The Morgan fingerprint density at radius 2 is 1.88 bits per heavy atom. The Balaban J connectivity index is 1.80. The van der Waals surface area contributed by atoms with E-state index >= 15 is 0 Å². The first-order valence-electron chi connectivity index (χ1n) is 7.84. The molecule has 0 aliphatic carbocycles. The van der Waals surface area contributed by atoms with Crippen molar-refractivity contribution < 1.29 is 33.4 Å². The Labute approximate surface area is 146 Å². The second-order valence-electron chi connectivity index (χ2n) is 5.97. The Hall–Kier alpha value is -2.67. The lowest BCUT2D eigenvalue weighted by Crippen LogP contribution is -2.28. The molecule has 1 amide bonds. The van der Waals surface area contributed by atoms with Gasteiger partial charge in [0, 0.05) is 0 Å². The molecule has 0 N–H and O–H groups in total. The van der Waals surface area contributed by atoms with Crippen molar-refractivity contribution in [1.82, 2.24) is 0 Å². The molecular formula is C18H22NO6+. The van der Waals surface area contributed by atoms with Gasteiger partial charge in [0.2, 0.25) is 0 Å². The molecule has 134 valence electrons. The zero-order valence-corrected chi connectivity index (χ0v) is 14.8. The molecule has 0 saturated heterocycles. The van der Waals surface area contributed by atoms with Gasteiger partial charge in [0.25, 0.3) is 0 Å². The molecule has 1 aromatic rings. The Morgan fingerprint density at radius 1 is 1.20 bits per heavy atom. The molecule has 1 aliphatic rings. The van der Waals surface area contributed by atoms with Gasteiger partial charge in [-0.25, -0.2) is 9.59 Å². The number of carbonyl (C=O) groups excluding carboxylic acids is 2. The molecule has 0 bridgehead atoms. The van der Waals surface area contributed by atoms with E-state index in [1.54, 1.807) is 20.8 Å². The lowest BCUT2D eigenvalue weighted by atomic mass is 9.99. The molecule has 0 atom stereocenters. The molecule has 1 aliphatic heterocycles. The number of nitrogens with zero attached hydrogens (tertiary/aromatic N) is 1. The van der Waals surface area contributed by atoms with Crippen molar-refractivity contribution in [1.29, 1.82) is 0 Å². The van der Waals surface area contributed by atoms with E-state index in [0.717, 1.165) is 11.1 Å². The summed E-state index contributed by atoms with van der Waals surface area (Å²) in [5, 5.41) is 0. The lowest BCUT2D eigenvalue weighted by molar-refractivity contribution is -0.452. The first kappa shape index (κ1) is 18.7. The molecule has 0 spiro atoms. The highest BCUT2D eigenvalue weighted by atomic mass is 17.2. The minimum absolute atomic E-state index is 0.0479. The number of amides is 1. The van der Waals surface area contributed by atoms with Gasteiger partial charge in [0.15, 0.2) is 13.2 Å². The van der Waals surface area contributed by atoms with Crippen LogP contribution in [-0.2, 0) is 29.6 Å². The number of carbonyl (C=O) groups is 2. The summed E-state index contributed by atoms with van der Waals surface area (Å²) in [5.74, 6) is 0.233. The van der Waals surface area contributed by atoms with E-state index in [9.17, 15) is 9.59 Å². The lowest BCUT2D eigenvalue weighted by Gasteiger charge is -2.22. The van der Waals surface area contributed by atoms with E-state index < -0.39 is 11.8 Å². The van der Waals surface area contributed by atoms with Crippen molar-refractivity contribution in [2.75, 3.05) is 20.3 Å². The maximum Gasteiger partial charge on any atom is 0.540 e. The standard InChI is InChI=1S/C18H22NO6/c1-13-12-15(20)19(16(13)22-4)10-11-23-17(21)24-25-18(2,3)14-8-6-5-7-9-14/h5-9,12H,10-11H2,1-4H3/q+1. The van der Waals surface area contributed by atoms with E-state index in [0.29, 0.717) is 5.90 Å². The topological polar surface area (TPSA) is 74.1 Å². The summed E-state index contributed by atoms with van der Waals surface area (Å²) in [6.07, 6.45) is 0.488. The van der Waals surface area contributed by atoms with Gasteiger partial charge >= 0.3 is 18.0 Å². The molecule has 1 aromatic carbocycles. The molecule has 7 heteroatoms.